The lowest BCUT2D eigenvalue weighted by Gasteiger charge is -2.12. The Bertz CT molecular complexity index is 585. The Kier molecular flexibility index (Phi) is 2.87. The Morgan fingerprint density at radius 1 is 1.18 bits per heavy atom. The number of aromatic hydroxyl groups is 1. The van der Waals surface area contributed by atoms with Crippen LogP contribution >= 0.6 is 0 Å². The molecule has 1 aromatic carbocycles. The predicted molar refractivity (Wildman–Crippen MR) is 68.0 cm³/mol. The Morgan fingerprint density at radius 2 is 1.82 bits per heavy atom. The quantitative estimate of drug-likeness (QED) is 0.828. The molecule has 2 N–H and O–H groups in total. The van der Waals surface area contributed by atoms with Crippen LogP contribution < -0.4 is 10.7 Å². The molecule has 0 atom stereocenters. The second-order valence-corrected chi connectivity index (χ2v) is 3.78. The maximum atomic E-state index is 11.3. The minimum atomic E-state index is -0.356. The van der Waals surface area contributed by atoms with Gasteiger partial charge in [0.1, 0.15) is 0 Å². The number of aromatic nitrogens is 1. The van der Waals surface area contributed by atoms with E-state index in [-0.39, 0.29) is 11.2 Å². The molecule has 0 amide bonds. The van der Waals surface area contributed by atoms with Gasteiger partial charge in [0.15, 0.2) is 5.75 Å². The molecule has 0 bridgehead atoms. The van der Waals surface area contributed by atoms with E-state index < -0.39 is 0 Å². The van der Waals surface area contributed by atoms with Crippen LogP contribution in [-0.4, -0.2) is 16.7 Å². The van der Waals surface area contributed by atoms with Crippen molar-refractivity contribution in [3.8, 4) is 11.4 Å². The summed E-state index contributed by atoms with van der Waals surface area (Å²) < 4.78 is 1.77. The molecule has 0 aliphatic rings. The van der Waals surface area contributed by atoms with Crippen LogP contribution in [0, 0.1) is 6.92 Å². The highest BCUT2D eigenvalue weighted by atomic mass is 16.3. The molecule has 0 unspecified atom stereocenters. The monoisotopic (exact) mass is 230 g/mol. The van der Waals surface area contributed by atoms with Crippen molar-refractivity contribution < 1.29 is 5.11 Å². The summed E-state index contributed by atoms with van der Waals surface area (Å²) in [5.41, 5.74) is 2.09. The van der Waals surface area contributed by atoms with E-state index in [1.165, 1.54) is 6.07 Å². The van der Waals surface area contributed by atoms with Crippen LogP contribution in [0.15, 0.2) is 41.3 Å². The maximum absolute atomic E-state index is 11.3. The second kappa shape index (κ2) is 4.33. The average Bonchev–Trinajstić information content (AvgIpc) is 2.36. The topological polar surface area (TPSA) is 54.3 Å². The number of nitrogens with one attached hydrogen (secondary N) is 1. The SMILES string of the molecule is CNc1ccc(-n2ccc(=O)c(O)c2C)cc1. The average molecular weight is 230 g/mol. The third-order valence-electron chi connectivity index (χ3n) is 2.75. The third kappa shape index (κ3) is 2.01. The molecule has 4 nitrogen and oxygen atoms in total. The van der Waals surface area contributed by atoms with Crippen LogP contribution in [-0.2, 0) is 0 Å². The van der Waals surface area contributed by atoms with Crippen molar-refractivity contribution in [2.75, 3.05) is 12.4 Å². The molecular formula is C13H14N2O2. The van der Waals surface area contributed by atoms with Gasteiger partial charge in [0.2, 0.25) is 5.43 Å². The van der Waals surface area contributed by atoms with Crippen LogP contribution in [0.25, 0.3) is 5.69 Å². The zero-order valence-electron chi connectivity index (χ0n) is 9.77. The first-order valence-electron chi connectivity index (χ1n) is 5.33. The maximum Gasteiger partial charge on any atom is 0.223 e. The molecule has 88 valence electrons. The molecular weight excluding hydrogens is 216 g/mol. The third-order valence-corrected chi connectivity index (χ3v) is 2.75. The predicted octanol–water partition coefficient (Wildman–Crippen LogP) is 1.89. The number of hydrogen-bond acceptors (Lipinski definition) is 3. The van der Waals surface area contributed by atoms with Gasteiger partial charge in [0, 0.05) is 30.7 Å². The number of hydrogen-bond donors (Lipinski definition) is 2. The van der Waals surface area contributed by atoms with Gasteiger partial charge in [-0.05, 0) is 31.2 Å². The molecule has 2 aromatic rings. The van der Waals surface area contributed by atoms with Crippen molar-refractivity contribution in [3.63, 3.8) is 0 Å². The van der Waals surface area contributed by atoms with E-state index in [2.05, 4.69) is 5.32 Å². The first kappa shape index (κ1) is 11.3. The van der Waals surface area contributed by atoms with Crippen LogP contribution in [0.1, 0.15) is 5.69 Å². The van der Waals surface area contributed by atoms with Crippen molar-refractivity contribution in [3.05, 3.63) is 52.4 Å². The fourth-order valence-electron chi connectivity index (χ4n) is 1.69. The van der Waals surface area contributed by atoms with Crippen molar-refractivity contribution in [2.45, 2.75) is 6.92 Å². The molecule has 0 aliphatic carbocycles. The molecule has 1 aromatic heterocycles. The molecule has 0 saturated heterocycles. The zero-order chi connectivity index (χ0) is 12.4. The highest BCUT2D eigenvalue weighted by Gasteiger charge is 2.06. The Labute approximate surface area is 99.2 Å². The van der Waals surface area contributed by atoms with Crippen molar-refractivity contribution in [1.82, 2.24) is 4.57 Å². The minimum absolute atomic E-state index is 0.204. The summed E-state index contributed by atoms with van der Waals surface area (Å²) in [4.78, 5) is 11.3. The summed E-state index contributed by atoms with van der Waals surface area (Å²) >= 11 is 0. The van der Waals surface area contributed by atoms with E-state index >= 15 is 0 Å². The lowest BCUT2D eigenvalue weighted by atomic mass is 10.2. The van der Waals surface area contributed by atoms with Crippen LogP contribution in [0.3, 0.4) is 0 Å². The Balaban J connectivity index is 2.53. The molecule has 1 heterocycles. The molecule has 2 rings (SSSR count). The van der Waals surface area contributed by atoms with Gasteiger partial charge < -0.3 is 15.0 Å². The van der Waals surface area contributed by atoms with E-state index in [0.29, 0.717) is 5.69 Å². The highest BCUT2D eigenvalue weighted by Crippen LogP contribution is 2.17. The van der Waals surface area contributed by atoms with Gasteiger partial charge in [-0.15, -0.1) is 0 Å². The normalized spacial score (nSPS) is 10.2. The van der Waals surface area contributed by atoms with Crippen molar-refractivity contribution in [1.29, 1.82) is 0 Å². The summed E-state index contributed by atoms with van der Waals surface area (Å²) in [6.07, 6.45) is 1.66. The van der Waals surface area contributed by atoms with Crippen molar-refractivity contribution >= 4 is 5.69 Å². The number of anilines is 1. The van der Waals surface area contributed by atoms with Gasteiger partial charge in [0.25, 0.3) is 0 Å². The Hall–Kier alpha value is -2.23. The summed E-state index contributed by atoms with van der Waals surface area (Å²) in [5.74, 6) is -0.204. The van der Waals surface area contributed by atoms with E-state index in [1.807, 2.05) is 31.3 Å². The van der Waals surface area contributed by atoms with Crippen LogP contribution in [0.2, 0.25) is 0 Å². The van der Waals surface area contributed by atoms with Gasteiger partial charge in [-0.1, -0.05) is 0 Å². The van der Waals surface area contributed by atoms with Crippen molar-refractivity contribution in [2.24, 2.45) is 0 Å². The molecule has 4 heteroatoms. The zero-order valence-corrected chi connectivity index (χ0v) is 9.77. The number of pyridine rings is 1. The molecule has 0 spiro atoms. The fraction of sp³-hybridized carbons (Fsp3) is 0.154. The second-order valence-electron chi connectivity index (χ2n) is 3.78. The van der Waals surface area contributed by atoms with Crippen LogP contribution in [0.4, 0.5) is 5.69 Å². The highest BCUT2D eigenvalue weighted by molar-refractivity contribution is 5.49. The summed E-state index contributed by atoms with van der Waals surface area (Å²) in [6, 6.07) is 9.06. The minimum Gasteiger partial charge on any atom is -0.503 e. The van der Waals surface area contributed by atoms with E-state index in [0.717, 1.165) is 11.4 Å². The molecule has 17 heavy (non-hydrogen) atoms. The smallest absolute Gasteiger partial charge is 0.223 e. The first-order chi connectivity index (χ1) is 8.13. The van der Waals surface area contributed by atoms with Gasteiger partial charge >= 0.3 is 0 Å². The summed E-state index contributed by atoms with van der Waals surface area (Å²) in [6.45, 7) is 1.71. The largest absolute Gasteiger partial charge is 0.503 e. The molecule has 0 saturated carbocycles. The molecule has 0 fully saturated rings. The van der Waals surface area contributed by atoms with Crippen LogP contribution in [0.5, 0.6) is 5.75 Å². The van der Waals surface area contributed by atoms with Gasteiger partial charge in [-0.3, -0.25) is 4.79 Å². The van der Waals surface area contributed by atoms with E-state index in [4.69, 9.17) is 0 Å². The van der Waals surface area contributed by atoms with Gasteiger partial charge in [-0.2, -0.15) is 0 Å². The van der Waals surface area contributed by atoms with Gasteiger partial charge in [-0.25, -0.2) is 0 Å². The first-order valence-corrected chi connectivity index (χ1v) is 5.33. The standard InChI is InChI=1S/C13H14N2O2/c1-9-13(17)12(16)7-8-15(9)11-5-3-10(14-2)4-6-11/h3-8,14,17H,1-2H3. The Morgan fingerprint density at radius 3 is 2.41 bits per heavy atom. The van der Waals surface area contributed by atoms with E-state index in [9.17, 15) is 9.90 Å². The lowest BCUT2D eigenvalue weighted by Crippen LogP contribution is -2.08. The number of rotatable bonds is 2. The summed E-state index contributed by atoms with van der Waals surface area (Å²) in [7, 11) is 1.85. The number of nitrogens with zero attached hydrogens (tertiary/aromatic N) is 1. The van der Waals surface area contributed by atoms with Gasteiger partial charge in [0.05, 0.1) is 5.69 Å². The molecule has 0 radical (unpaired) electrons. The molecule has 0 aliphatic heterocycles. The summed E-state index contributed by atoms with van der Waals surface area (Å²) in [5, 5.41) is 12.6. The lowest BCUT2D eigenvalue weighted by molar-refractivity contribution is 0.459. The van der Waals surface area contributed by atoms with E-state index in [1.54, 1.807) is 17.7 Å². The fourth-order valence-corrected chi connectivity index (χ4v) is 1.69. The number of benzene rings is 1.